The van der Waals surface area contributed by atoms with Crippen molar-refractivity contribution in [1.82, 2.24) is 10.2 Å². The number of halogens is 2. The molecule has 0 spiro atoms. The fourth-order valence-electron chi connectivity index (χ4n) is 4.12. The number of methoxy groups -OCH3 is 2. The molecule has 3 aromatic carbocycles. The van der Waals surface area contributed by atoms with Gasteiger partial charge in [-0.2, -0.15) is 0 Å². The number of ether oxygens (including phenoxy) is 2. The number of anilines is 1. The number of rotatable bonds is 13. The summed E-state index contributed by atoms with van der Waals surface area (Å²) in [4.78, 5) is 28.4. The molecule has 0 saturated carbocycles. The summed E-state index contributed by atoms with van der Waals surface area (Å²) in [6, 6.07) is 16.1. The first-order chi connectivity index (χ1) is 19.9. The van der Waals surface area contributed by atoms with Crippen molar-refractivity contribution in [2.45, 2.75) is 50.7 Å². The molecule has 226 valence electrons. The minimum Gasteiger partial charge on any atom is -0.493 e. The summed E-state index contributed by atoms with van der Waals surface area (Å²) in [7, 11) is -1.48. The van der Waals surface area contributed by atoms with Crippen molar-refractivity contribution in [3.05, 3.63) is 82.3 Å². The third kappa shape index (κ3) is 8.08. The number of hydrogen-bond donors (Lipinski definition) is 1. The molecule has 0 radical (unpaired) electrons. The van der Waals surface area contributed by atoms with Gasteiger partial charge < -0.3 is 19.7 Å². The van der Waals surface area contributed by atoms with Crippen LogP contribution < -0.4 is 19.1 Å². The highest BCUT2D eigenvalue weighted by Gasteiger charge is 2.33. The van der Waals surface area contributed by atoms with E-state index >= 15 is 0 Å². The molecule has 0 aliphatic rings. The predicted octanol–water partition coefficient (Wildman–Crippen LogP) is 5.54. The number of hydrogen-bond acceptors (Lipinski definition) is 6. The van der Waals surface area contributed by atoms with Gasteiger partial charge in [-0.1, -0.05) is 42.3 Å². The van der Waals surface area contributed by atoms with Crippen molar-refractivity contribution in [1.29, 1.82) is 0 Å². The van der Waals surface area contributed by atoms with E-state index in [4.69, 9.17) is 32.7 Å². The fraction of sp³-hybridized carbons (Fsp3) is 0.333. The highest BCUT2D eigenvalue weighted by atomic mass is 35.5. The monoisotopic (exact) mass is 635 g/mol. The first-order valence-electron chi connectivity index (χ1n) is 13.3. The van der Waals surface area contributed by atoms with Gasteiger partial charge >= 0.3 is 0 Å². The molecule has 0 bridgehead atoms. The van der Waals surface area contributed by atoms with E-state index in [2.05, 4.69) is 5.32 Å². The van der Waals surface area contributed by atoms with E-state index in [1.54, 1.807) is 31.2 Å². The molecular formula is C30H35Cl2N3O6S. The van der Waals surface area contributed by atoms with Gasteiger partial charge in [0.2, 0.25) is 11.8 Å². The van der Waals surface area contributed by atoms with Crippen LogP contribution in [0, 0.1) is 0 Å². The summed E-state index contributed by atoms with van der Waals surface area (Å²) in [5.74, 6) is -0.403. The number of carbonyl (C=O) groups excluding carboxylic acids is 2. The van der Waals surface area contributed by atoms with Crippen LogP contribution in [0.5, 0.6) is 11.5 Å². The summed E-state index contributed by atoms with van der Waals surface area (Å²) < 4.78 is 39.7. The molecule has 3 aromatic rings. The Balaban J connectivity index is 2.06. The van der Waals surface area contributed by atoms with Crippen LogP contribution in [0.15, 0.2) is 71.6 Å². The Morgan fingerprint density at radius 1 is 0.905 bits per heavy atom. The molecule has 42 heavy (non-hydrogen) atoms. The molecule has 0 fully saturated rings. The average Bonchev–Trinajstić information content (AvgIpc) is 2.98. The van der Waals surface area contributed by atoms with Gasteiger partial charge in [0, 0.05) is 28.7 Å². The van der Waals surface area contributed by atoms with E-state index in [-0.39, 0.29) is 34.8 Å². The molecule has 0 aliphatic carbocycles. The van der Waals surface area contributed by atoms with E-state index < -0.39 is 28.5 Å². The van der Waals surface area contributed by atoms with Crippen LogP contribution in [0.25, 0.3) is 0 Å². The maximum Gasteiger partial charge on any atom is 0.264 e. The van der Waals surface area contributed by atoms with Gasteiger partial charge in [0.25, 0.3) is 10.0 Å². The maximum absolute atomic E-state index is 14.1. The van der Waals surface area contributed by atoms with Gasteiger partial charge in [0.15, 0.2) is 11.5 Å². The van der Waals surface area contributed by atoms with E-state index in [9.17, 15) is 18.0 Å². The molecule has 2 atom stereocenters. The second-order valence-corrected chi connectivity index (χ2v) is 12.4. The second-order valence-electron chi connectivity index (χ2n) is 9.65. The highest BCUT2D eigenvalue weighted by Crippen LogP contribution is 2.32. The Morgan fingerprint density at radius 3 is 2.17 bits per heavy atom. The van der Waals surface area contributed by atoms with Crippen LogP contribution in [-0.2, 0) is 26.2 Å². The Labute approximate surface area is 257 Å². The maximum atomic E-state index is 14.1. The third-order valence-corrected chi connectivity index (χ3v) is 9.00. The van der Waals surface area contributed by atoms with Gasteiger partial charge in [-0.05, 0) is 74.4 Å². The van der Waals surface area contributed by atoms with E-state index in [1.165, 1.54) is 61.6 Å². The third-order valence-electron chi connectivity index (χ3n) is 6.75. The highest BCUT2D eigenvalue weighted by molar-refractivity contribution is 7.92. The molecule has 0 heterocycles. The van der Waals surface area contributed by atoms with Gasteiger partial charge in [0.1, 0.15) is 12.6 Å². The standard InChI is InChI=1S/C30H35Cl2N3O6S/c1-6-20(2)33-30(37)21(3)34(18-22-8-7-9-24(32)16-22)29(36)19-35(25-12-10-23(31)11-13-25)42(38,39)26-14-15-27(40-4)28(17-26)41-5/h7-17,20-21H,6,18-19H2,1-5H3,(H,33,37)/t20-,21-/m0/s1. The Morgan fingerprint density at radius 2 is 1.57 bits per heavy atom. The zero-order valence-electron chi connectivity index (χ0n) is 24.1. The Kier molecular flexibility index (Phi) is 11.5. The van der Waals surface area contributed by atoms with Gasteiger partial charge in [-0.25, -0.2) is 8.42 Å². The quantitative estimate of drug-likeness (QED) is 0.264. The molecule has 0 aliphatic heterocycles. The summed E-state index contributed by atoms with van der Waals surface area (Å²) in [5, 5.41) is 3.76. The van der Waals surface area contributed by atoms with Crippen molar-refractivity contribution < 1.29 is 27.5 Å². The Bertz CT molecular complexity index is 1500. The van der Waals surface area contributed by atoms with E-state index in [0.717, 1.165) is 4.31 Å². The molecule has 0 saturated heterocycles. The largest absolute Gasteiger partial charge is 0.493 e. The van der Waals surface area contributed by atoms with Crippen LogP contribution in [0.2, 0.25) is 10.0 Å². The lowest BCUT2D eigenvalue weighted by atomic mass is 10.1. The molecule has 12 heteroatoms. The minimum atomic E-state index is -4.32. The molecule has 0 unspecified atom stereocenters. The lowest BCUT2D eigenvalue weighted by molar-refractivity contribution is -0.139. The van der Waals surface area contributed by atoms with Crippen LogP contribution in [0.4, 0.5) is 5.69 Å². The zero-order valence-corrected chi connectivity index (χ0v) is 26.5. The smallest absolute Gasteiger partial charge is 0.264 e. The number of sulfonamides is 1. The first kappa shape index (κ1) is 33.0. The molecule has 0 aromatic heterocycles. The second kappa shape index (κ2) is 14.6. The van der Waals surface area contributed by atoms with Crippen molar-refractivity contribution in [3.63, 3.8) is 0 Å². The molecule has 2 amide bonds. The fourth-order valence-corrected chi connectivity index (χ4v) is 5.89. The van der Waals surface area contributed by atoms with E-state index in [1.807, 2.05) is 13.8 Å². The lowest BCUT2D eigenvalue weighted by Gasteiger charge is -2.32. The zero-order chi connectivity index (χ0) is 31.0. The van der Waals surface area contributed by atoms with Crippen molar-refractivity contribution in [2.24, 2.45) is 0 Å². The summed E-state index contributed by atoms with van der Waals surface area (Å²) in [5.41, 5.74) is 0.891. The Hall–Kier alpha value is -3.47. The molecule has 9 nitrogen and oxygen atoms in total. The average molecular weight is 637 g/mol. The van der Waals surface area contributed by atoms with Crippen LogP contribution in [-0.4, -0.2) is 58.0 Å². The van der Waals surface area contributed by atoms with Crippen molar-refractivity contribution in [2.75, 3.05) is 25.1 Å². The summed E-state index contributed by atoms with van der Waals surface area (Å²) in [6.07, 6.45) is 0.703. The summed E-state index contributed by atoms with van der Waals surface area (Å²) >= 11 is 12.3. The number of carbonyl (C=O) groups is 2. The van der Waals surface area contributed by atoms with Crippen molar-refractivity contribution in [3.8, 4) is 11.5 Å². The molecular weight excluding hydrogens is 601 g/mol. The lowest BCUT2D eigenvalue weighted by Crippen LogP contribution is -2.52. The van der Waals surface area contributed by atoms with Gasteiger partial charge in [0.05, 0.1) is 24.8 Å². The first-order valence-corrected chi connectivity index (χ1v) is 15.5. The predicted molar refractivity (Wildman–Crippen MR) is 165 cm³/mol. The number of amides is 2. The van der Waals surface area contributed by atoms with Crippen LogP contribution in [0.1, 0.15) is 32.8 Å². The number of benzene rings is 3. The topological polar surface area (TPSA) is 105 Å². The van der Waals surface area contributed by atoms with Gasteiger partial charge in [-0.3, -0.25) is 13.9 Å². The number of nitrogens with one attached hydrogen (secondary N) is 1. The van der Waals surface area contributed by atoms with Crippen molar-refractivity contribution >= 4 is 50.7 Å². The van der Waals surface area contributed by atoms with Crippen LogP contribution >= 0.6 is 23.2 Å². The van der Waals surface area contributed by atoms with E-state index in [0.29, 0.717) is 27.8 Å². The van der Waals surface area contributed by atoms with Crippen LogP contribution in [0.3, 0.4) is 0 Å². The minimum absolute atomic E-state index is 0.0271. The SMILES string of the molecule is CC[C@H](C)NC(=O)[C@H](C)N(Cc1cccc(Cl)c1)C(=O)CN(c1ccc(Cl)cc1)S(=O)(=O)c1ccc(OC)c(OC)c1. The molecule has 3 rings (SSSR count). The summed E-state index contributed by atoms with van der Waals surface area (Å²) in [6.45, 7) is 4.84. The molecule has 1 N–H and O–H groups in total. The normalized spacial score (nSPS) is 12.6. The van der Waals surface area contributed by atoms with Gasteiger partial charge in [-0.15, -0.1) is 0 Å². The number of nitrogens with zero attached hydrogens (tertiary/aromatic N) is 2.